The van der Waals surface area contributed by atoms with E-state index in [0.717, 1.165) is 72.1 Å². The second kappa shape index (κ2) is 7.65. The molecule has 0 radical (unpaired) electrons. The van der Waals surface area contributed by atoms with Crippen LogP contribution in [0, 0.1) is 13.8 Å². The molecule has 7 heteroatoms. The molecule has 0 bridgehead atoms. The number of nitrogens with zero attached hydrogens (tertiary/aromatic N) is 6. The molecule has 30 heavy (non-hydrogen) atoms. The first-order valence-electron chi connectivity index (χ1n) is 10.6. The second-order valence-corrected chi connectivity index (χ2v) is 8.25. The quantitative estimate of drug-likeness (QED) is 0.564. The lowest BCUT2D eigenvalue weighted by atomic mass is 9.93. The van der Waals surface area contributed by atoms with E-state index in [9.17, 15) is 0 Å². The van der Waals surface area contributed by atoms with Gasteiger partial charge < -0.3 is 4.57 Å². The Morgan fingerprint density at radius 1 is 1.10 bits per heavy atom. The zero-order chi connectivity index (χ0) is 20.7. The van der Waals surface area contributed by atoms with E-state index in [4.69, 9.17) is 9.97 Å². The van der Waals surface area contributed by atoms with Gasteiger partial charge >= 0.3 is 0 Å². The van der Waals surface area contributed by atoms with Gasteiger partial charge in [-0.25, -0.2) is 15.0 Å². The number of rotatable bonds is 4. The van der Waals surface area contributed by atoms with Crippen molar-refractivity contribution in [3.8, 4) is 11.4 Å². The van der Waals surface area contributed by atoms with Gasteiger partial charge in [-0.05, 0) is 51.9 Å². The van der Waals surface area contributed by atoms with Crippen LogP contribution in [0.5, 0.6) is 0 Å². The number of aryl methyl sites for hydroxylation is 2. The number of aromatic amines is 1. The molecule has 1 aromatic carbocycles. The van der Waals surface area contributed by atoms with Crippen LogP contribution in [-0.2, 0) is 13.6 Å². The van der Waals surface area contributed by atoms with E-state index in [1.807, 2.05) is 32.3 Å². The molecule has 154 valence electrons. The number of aromatic nitrogens is 6. The number of likely N-dealkylation sites (tertiary alicyclic amines) is 1. The molecule has 0 saturated carbocycles. The van der Waals surface area contributed by atoms with E-state index in [-0.39, 0.29) is 0 Å². The van der Waals surface area contributed by atoms with Crippen molar-refractivity contribution in [1.82, 2.24) is 34.6 Å². The lowest BCUT2D eigenvalue weighted by molar-refractivity contribution is 0.199. The van der Waals surface area contributed by atoms with Crippen molar-refractivity contribution < 1.29 is 0 Å². The van der Waals surface area contributed by atoms with Crippen LogP contribution in [0.2, 0.25) is 0 Å². The van der Waals surface area contributed by atoms with E-state index < -0.39 is 0 Å². The molecule has 1 aliphatic rings. The third-order valence-electron chi connectivity index (χ3n) is 6.31. The molecule has 5 rings (SSSR count). The molecule has 0 atom stereocenters. The molecule has 0 amide bonds. The van der Waals surface area contributed by atoms with Crippen LogP contribution >= 0.6 is 0 Å². The fraction of sp³-hybridized carbons (Fsp3) is 0.391. The minimum Gasteiger partial charge on any atom is -0.330 e. The summed E-state index contributed by atoms with van der Waals surface area (Å²) in [5.41, 5.74) is 5.33. The Balaban J connectivity index is 1.24. The summed E-state index contributed by atoms with van der Waals surface area (Å²) in [5.74, 6) is 2.42. The molecule has 7 nitrogen and oxygen atoms in total. The zero-order valence-corrected chi connectivity index (χ0v) is 17.8. The van der Waals surface area contributed by atoms with Gasteiger partial charge in [-0.2, -0.15) is 5.10 Å². The van der Waals surface area contributed by atoms with Crippen LogP contribution in [0.4, 0.5) is 0 Å². The van der Waals surface area contributed by atoms with E-state index in [1.54, 1.807) is 0 Å². The Bertz CT molecular complexity index is 1180. The number of hydrogen-bond donors (Lipinski definition) is 1. The molecule has 1 aliphatic heterocycles. The minimum atomic E-state index is 0.510. The Kier molecular flexibility index (Phi) is 4.83. The van der Waals surface area contributed by atoms with Gasteiger partial charge in [-0.1, -0.05) is 18.2 Å². The Hall–Kier alpha value is -3.06. The fourth-order valence-corrected chi connectivity index (χ4v) is 4.38. The minimum absolute atomic E-state index is 0.510. The normalized spacial score (nSPS) is 15.8. The third kappa shape index (κ3) is 3.50. The summed E-state index contributed by atoms with van der Waals surface area (Å²) in [7, 11) is 2.03. The van der Waals surface area contributed by atoms with Crippen LogP contribution in [0.15, 0.2) is 36.5 Å². The lowest BCUT2D eigenvalue weighted by Gasteiger charge is -2.30. The Labute approximate surface area is 176 Å². The van der Waals surface area contributed by atoms with E-state index in [0.29, 0.717) is 5.92 Å². The lowest BCUT2D eigenvalue weighted by Crippen LogP contribution is -2.33. The molecule has 1 saturated heterocycles. The molecular weight excluding hydrogens is 374 g/mol. The second-order valence-electron chi connectivity index (χ2n) is 8.25. The standard InChI is InChI=1S/C23H27N7/c1-15-18-6-4-5-7-19(18)26-23(25-15)14-30-10-8-17(9-11-30)20-12-21(28-27-20)22-13-24-16(2)29(22)3/h4-7,12-13,17H,8-11,14H2,1-3H3,(H,27,28). The predicted molar refractivity (Wildman–Crippen MR) is 117 cm³/mol. The Morgan fingerprint density at radius 2 is 1.90 bits per heavy atom. The smallest absolute Gasteiger partial charge is 0.143 e. The van der Waals surface area contributed by atoms with Crippen molar-refractivity contribution >= 4 is 10.9 Å². The number of fused-ring (bicyclic) bond motifs is 1. The van der Waals surface area contributed by atoms with Crippen molar-refractivity contribution in [2.45, 2.75) is 39.2 Å². The highest BCUT2D eigenvalue weighted by atomic mass is 15.2. The molecule has 1 fully saturated rings. The van der Waals surface area contributed by atoms with Crippen molar-refractivity contribution in [3.05, 3.63) is 59.6 Å². The van der Waals surface area contributed by atoms with Gasteiger partial charge in [0.05, 0.1) is 24.0 Å². The number of imidazole rings is 1. The monoisotopic (exact) mass is 401 g/mol. The van der Waals surface area contributed by atoms with Crippen LogP contribution in [0.25, 0.3) is 22.3 Å². The summed E-state index contributed by atoms with van der Waals surface area (Å²) in [5, 5.41) is 8.95. The van der Waals surface area contributed by atoms with Crippen LogP contribution in [-0.4, -0.2) is 47.7 Å². The number of benzene rings is 1. The Morgan fingerprint density at radius 3 is 2.67 bits per heavy atom. The van der Waals surface area contributed by atoms with Gasteiger partial charge in [0.15, 0.2) is 0 Å². The highest BCUT2D eigenvalue weighted by Gasteiger charge is 2.23. The van der Waals surface area contributed by atoms with Gasteiger partial charge in [0.2, 0.25) is 0 Å². The molecule has 1 N–H and O–H groups in total. The number of H-pyrrole nitrogens is 1. The summed E-state index contributed by atoms with van der Waals surface area (Å²) in [6.07, 6.45) is 4.11. The van der Waals surface area contributed by atoms with E-state index in [2.05, 4.69) is 49.8 Å². The van der Waals surface area contributed by atoms with Gasteiger partial charge in [-0.15, -0.1) is 0 Å². The van der Waals surface area contributed by atoms with Crippen LogP contribution in [0.3, 0.4) is 0 Å². The number of para-hydroxylation sites is 1. The van der Waals surface area contributed by atoms with Crippen molar-refractivity contribution in [2.75, 3.05) is 13.1 Å². The highest BCUT2D eigenvalue weighted by Crippen LogP contribution is 2.30. The molecule has 4 aromatic rings. The number of piperidine rings is 1. The zero-order valence-electron chi connectivity index (χ0n) is 17.8. The first kappa shape index (κ1) is 18.9. The summed E-state index contributed by atoms with van der Waals surface area (Å²) >= 11 is 0. The maximum absolute atomic E-state index is 4.78. The summed E-state index contributed by atoms with van der Waals surface area (Å²) in [6.45, 7) is 6.96. The van der Waals surface area contributed by atoms with Crippen LogP contribution in [0.1, 0.15) is 41.8 Å². The summed E-state index contributed by atoms with van der Waals surface area (Å²) < 4.78 is 2.08. The van der Waals surface area contributed by atoms with Crippen molar-refractivity contribution in [2.24, 2.45) is 7.05 Å². The van der Waals surface area contributed by atoms with Gasteiger partial charge in [0.25, 0.3) is 0 Å². The molecule has 0 aliphatic carbocycles. The molecular formula is C23H27N7. The van der Waals surface area contributed by atoms with Crippen LogP contribution < -0.4 is 0 Å². The SMILES string of the molecule is Cc1nc(CN2CCC(c3cc(-c4cnc(C)n4C)n[nH]3)CC2)nc2ccccc12. The van der Waals surface area contributed by atoms with Gasteiger partial charge in [0.1, 0.15) is 17.3 Å². The van der Waals surface area contributed by atoms with Gasteiger partial charge in [-0.3, -0.25) is 10.00 Å². The van der Waals surface area contributed by atoms with E-state index in [1.165, 1.54) is 5.69 Å². The molecule has 0 spiro atoms. The van der Waals surface area contributed by atoms with Gasteiger partial charge in [0, 0.05) is 29.7 Å². The first-order chi connectivity index (χ1) is 14.6. The van der Waals surface area contributed by atoms with E-state index >= 15 is 0 Å². The molecule has 3 aromatic heterocycles. The molecule has 4 heterocycles. The summed E-state index contributed by atoms with van der Waals surface area (Å²) in [4.78, 5) is 16.4. The third-order valence-corrected chi connectivity index (χ3v) is 6.31. The predicted octanol–water partition coefficient (Wildman–Crippen LogP) is 3.75. The largest absolute Gasteiger partial charge is 0.330 e. The summed E-state index contributed by atoms with van der Waals surface area (Å²) in [6, 6.07) is 10.4. The topological polar surface area (TPSA) is 75.5 Å². The average Bonchev–Trinajstić information content (AvgIpc) is 3.36. The number of nitrogens with one attached hydrogen (secondary N) is 1. The molecule has 0 unspecified atom stereocenters. The number of hydrogen-bond acceptors (Lipinski definition) is 5. The van der Waals surface area contributed by atoms with Crippen molar-refractivity contribution in [1.29, 1.82) is 0 Å². The van der Waals surface area contributed by atoms with Crippen molar-refractivity contribution in [3.63, 3.8) is 0 Å². The maximum Gasteiger partial charge on any atom is 0.143 e. The average molecular weight is 402 g/mol. The first-order valence-corrected chi connectivity index (χ1v) is 10.6. The maximum atomic E-state index is 4.78. The fourth-order valence-electron chi connectivity index (χ4n) is 4.38. The highest BCUT2D eigenvalue weighted by molar-refractivity contribution is 5.80.